The SMILES string of the molecule is CC(C)Cc1nc(C2(N)CCC(C)CC2)no1. The Hall–Kier alpha value is -0.900. The largest absolute Gasteiger partial charge is 0.339 e. The van der Waals surface area contributed by atoms with Crippen LogP contribution in [0.4, 0.5) is 0 Å². The summed E-state index contributed by atoms with van der Waals surface area (Å²) in [5.41, 5.74) is 6.05. The molecule has 2 rings (SSSR count). The van der Waals surface area contributed by atoms with Gasteiger partial charge in [0.25, 0.3) is 0 Å². The molecule has 1 saturated carbocycles. The molecule has 0 aliphatic heterocycles. The van der Waals surface area contributed by atoms with Crippen molar-refractivity contribution >= 4 is 0 Å². The fourth-order valence-corrected chi connectivity index (χ4v) is 2.39. The van der Waals surface area contributed by atoms with Gasteiger partial charge in [0.2, 0.25) is 5.89 Å². The maximum atomic E-state index is 6.40. The normalized spacial score (nSPS) is 29.8. The first-order valence-electron chi connectivity index (χ1n) is 6.61. The highest BCUT2D eigenvalue weighted by atomic mass is 16.5. The fraction of sp³-hybridized carbons (Fsp3) is 0.846. The lowest BCUT2D eigenvalue weighted by atomic mass is 9.77. The molecule has 0 saturated heterocycles. The molecule has 1 heterocycles. The van der Waals surface area contributed by atoms with E-state index in [2.05, 4.69) is 30.9 Å². The summed E-state index contributed by atoms with van der Waals surface area (Å²) in [7, 11) is 0. The van der Waals surface area contributed by atoms with Crippen LogP contribution in [0.5, 0.6) is 0 Å². The minimum Gasteiger partial charge on any atom is -0.339 e. The van der Waals surface area contributed by atoms with E-state index in [1.165, 1.54) is 0 Å². The summed E-state index contributed by atoms with van der Waals surface area (Å²) < 4.78 is 5.28. The third-order valence-corrected chi connectivity index (χ3v) is 3.66. The summed E-state index contributed by atoms with van der Waals surface area (Å²) in [6.07, 6.45) is 5.08. The molecule has 1 aromatic heterocycles. The Labute approximate surface area is 103 Å². The minimum atomic E-state index is -0.356. The van der Waals surface area contributed by atoms with Gasteiger partial charge in [-0.05, 0) is 37.5 Å². The highest BCUT2D eigenvalue weighted by Crippen LogP contribution is 2.35. The summed E-state index contributed by atoms with van der Waals surface area (Å²) >= 11 is 0. The second-order valence-electron chi connectivity index (χ2n) is 5.95. The van der Waals surface area contributed by atoms with E-state index in [0.717, 1.165) is 43.9 Å². The summed E-state index contributed by atoms with van der Waals surface area (Å²) in [5.74, 6) is 2.73. The van der Waals surface area contributed by atoms with E-state index in [9.17, 15) is 0 Å². The molecule has 2 N–H and O–H groups in total. The molecule has 17 heavy (non-hydrogen) atoms. The van der Waals surface area contributed by atoms with Crippen molar-refractivity contribution in [1.82, 2.24) is 10.1 Å². The van der Waals surface area contributed by atoms with Crippen molar-refractivity contribution in [3.63, 3.8) is 0 Å². The van der Waals surface area contributed by atoms with Gasteiger partial charge in [-0.15, -0.1) is 0 Å². The van der Waals surface area contributed by atoms with E-state index < -0.39 is 0 Å². The Bertz CT molecular complexity index is 364. The van der Waals surface area contributed by atoms with E-state index in [1.54, 1.807) is 0 Å². The molecule has 1 aliphatic rings. The van der Waals surface area contributed by atoms with Crippen LogP contribution in [0, 0.1) is 11.8 Å². The second-order valence-corrected chi connectivity index (χ2v) is 5.95. The molecular weight excluding hydrogens is 214 g/mol. The zero-order chi connectivity index (χ0) is 12.5. The highest BCUT2D eigenvalue weighted by Gasteiger charge is 2.36. The molecule has 1 aliphatic carbocycles. The van der Waals surface area contributed by atoms with Crippen LogP contribution in [-0.2, 0) is 12.0 Å². The Morgan fingerprint density at radius 1 is 1.41 bits per heavy atom. The van der Waals surface area contributed by atoms with Gasteiger partial charge in [-0.3, -0.25) is 0 Å². The van der Waals surface area contributed by atoms with Crippen LogP contribution in [0.1, 0.15) is 58.2 Å². The van der Waals surface area contributed by atoms with Gasteiger partial charge < -0.3 is 10.3 Å². The van der Waals surface area contributed by atoms with Gasteiger partial charge in [0.05, 0.1) is 5.54 Å². The predicted octanol–water partition coefficient (Wildman–Crippen LogP) is 2.63. The second kappa shape index (κ2) is 4.77. The molecule has 4 nitrogen and oxygen atoms in total. The lowest BCUT2D eigenvalue weighted by Crippen LogP contribution is -2.41. The molecule has 0 radical (unpaired) electrons. The first-order chi connectivity index (χ1) is 7.99. The third-order valence-electron chi connectivity index (χ3n) is 3.66. The van der Waals surface area contributed by atoms with Crippen LogP contribution in [-0.4, -0.2) is 10.1 Å². The Morgan fingerprint density at radius 3 is 2.65 bits per heavy atom. The monoisotopic (exact) mass is 237 g/mol. The van der Waals surface area contributed by atoms with Gasteiger partial charge in [0.1, 0.15) is 0 Å². The number of hydrogen-bond donors (Lipinski definition) is 1. The van der Waals surface area contributed by atoms with Crippen molar-refractivity contribution in [2.75, 3.05) is 0 Å². The van der Waals surface area contributed by atoms with Crippen molar-refractivity contribution < 1.29 is 4.52 Å². The topological polar surface area (TPSA) is 64.9 Å². The van der Waals surface area contributed by atoms with E-state index in [-0.39, 0.29) is 5.54 Å². The predicted molar refractivity (Wildman–Crippen MR) is 66.3 cm³/mol. The summed E-state index contributed by atoms with van der Waals surface area (Å²) in [6.45, 7) is 6.56. The first kappa shape index (κ1) is 12.6. The van der Waals surface area contributed by atoms with Gasteiger partial charge in [-0.25, -0.2) is 0 Å². The molecule has 4 heteroatoms. The maximum Gasteiger partial charge on any atom is 0.226 e. The number of hydrogen-bond acceptors (Lipinski definition) is 4. The quantitative estimate of drug-likeness (QED) is 0.877. The third kappa shape index (κ3) is 2.86. The lowest BCUT2D eigenvalue weighted by molar-refractivity contribution is 0.229. The van der Waals surface area contributed by atoms with Crippen molar-refractivity contribution in [2.45, 2.75) is 58.4 Å². The Morgan fingerprint density at radius 2 is 2.06 bits per heavy atom. The lowest BCUT2D eigenvalue weighted by Gasteiger charge is -2.33. The van der Waals surface area contributed by atoms with Crippen LogP contribution in [0.2, 0.25) is 0 Å². The van der Waals surface area contributed by atoms with Crippen molar-refractivity contribution in [3.05, 3.63) is 11.7 Å². The van der Waals surface area contributed by atoms with E-state index >= 15 is 0 Å². The van der Waals surface area contributed by atoms with Crippen molar-refractivity contribution in [3.8, 4) is 0 Å². The average Bonchev–Trinajstić information content (AvgIpc) is 2.71. The molecule has 0 atom stereocenters. The molecule has 0 unspecified atom stereocenters. The smallest absolute Gasteiger partial charge is 0.226 e. The fourth-order valence-electron chi connectivity index (χ4n) is 2.39. The standard InChI is InChI=1S/C13H23N3O/c1-9(2)8-11-15-12(16-17-11)13(14)6-4-10(3)5-7-13/h9-10H,4-8,14H2,1-3H3. The highest BCUT2D eigenvalue weighted by molar-refractivity contribution is 5.06. The molecule has 0 aromatic carbocycles. The number of rotatable bonds is 3. The van der Waals surface area contributed by atoms with Crippen LogP contribution in [0.3, 0.4) is 0 Å². The molecule has 1 fully saturated rings. The summed E-state index contributed by atoms with van der Waals surface area (Å²) in [6, 6.07) is 0. The number of nitrogens with two attached hydrogens (primary N) is 1. The zero-order valence-electron chi connectivity index (χ0n) is 11.1. The van der Waals surface area contributed by atoms with Gasteiger partial charge in [0, 0.05) is 6.42 Å². The zero-order valence-corrected chi connectivity index (χ0v) is 11.1. The van der Waals surface area contributed by atoms with Gasteiger partial charge in [0.15, 0.2) is 5.82 Å². The Balaban J connectivity index is 2.08. The van der Waals surface area contributed by atoms with Gasteiger partial charge >= 0.3 is 0 Å². The number of nitrogens with zero attached hydrogens (tertiary/aromatic N) is 2. The van der Waals surface area contributed by atoms with E-state index in [0.29, 0.717) is 11.7 Å². The van der Waals surface area contributed by atoms with E-state index in [1.807, 2.05) is 0 Å². The van der Waals surface area contributed by atoms with Crippen molar-refractivity contribution in [1.29, 1.82) is 0 Å². The van der Waals surface area contributed by atoms with Crippen molar-refractivity contribution in [2.24, 2.45) is 17.6 Å². The van der Waals surface area contributed by atoms with E-state index in [4.69, 9.17) is 10.3 Å². The molecule has 0 bridgehead atoms. The Kier molecular flexibility index (Phi) is 3.52. The first-order valence-corrected chi connectivity index (χ1v) is 6.61. The van der Waals surface area contributed by atoms with Gasteiger partial charge in [-0.1, -0.05) is 25.9 Å². The summed E-state index contributed by atoms with van der Waals surface area (Å²) in [4.78, 5) is 4.47. The van der Waals surface area contributed by atoms with Crippen LogP contribution >= 0.6 is 0 Å². The molecule has 0 amide bonds. The maximum absolute atomic E-state index is 6.40. The van der Waals surface area contributed by atoms with Gasteiger partial charge in [-0.2, -0.15) is 4.98 Å². The molecular formula is C13H23N3O. The van der Waals surface area contributed by atoms with Crippen LogP contribution < -0.4 is 5.73 Å². The van der Waals surface area contributed by atoms with Crippen LogP contribution in [0.25, 0.3) is 0 Å². The summed E-state index contributed by atoms with van der Waals surface area (Å²) in [5, 5.41) is 4.08. The molecule has 0 spiro atoms. The van der Waals surface area contributed by atoms with Crippen LogP contribution in [0.15, 0.2) is 4.52 Å². The molecule has 96 valence electrons. The molecule has 1 aromatic rings. The minimum absolute atomic E-state index is 0.356. The average molecular weight is 237 g/mol. The number of aromatic nitrogens is 2.